The highest BCUT2D eigenvalue weighted by atomic mass is 16.2. The minimum atomic E-state index is 0.215. The predicted octanol–water partition coefficient (Wildman–Crippen LogP) is 0.921. The second-order valence-electron chi connectivity index (χ2n) is 3.03. The summed E-state index contributed by atoms with van der Waals surface area (Å²) in [7, 11) is 0. The Hall–Kier alpha value is -0.530. The third-order valence-corrected chi connectivity index (χ3v) is 1.58. The van der Waals surface area contributed by atoms with E-state index in [4.69, 9.17) is 0 Å². The first-order valence-corrected chi connectivity index (χ1v) is 3.50. The molecular weight excluding hydrogens is 114 g/mol. The molecule has 1 atom stereocenters. The molecule has 1 aliphatic heterocycles. The third kappa shape index (κ3) is 2.04. The van der Waals surface area contributed by atoms with Gasteiger partial charge in [-0.3, -0.25) is 4.79 Å². The van der Waals surface area contributed by atoms with E-state index >= 15 is 0 Å². The Kier molecular flexibility index (Phi) is 1.74. The SMILES string of the molecule is CC(C)CCC1NC1=O. The molecule has 0 saturated carbocycles. The van der Waals surface area contributed by atoms with Crippen molar-refractivity contribution >= 4 is 5.91 Å². The lowest BCUT2D eigenvalue weighted by atomic mass is 10.1. The topological polar surface area (TPSA) is 39.0 Å². The number of carbonyl (C=O) groups is 1. The summed E-state index contributed by atoms with van der Waals surface area (Å²) < 4.78 is 0. The van der Waals surface area contributed by atoms with E-state index < -0.39 is 0 Å². The van der Waals surface area contributed by atoms with Gasteiger partial charge < -0.3 is 5.32 Å². The molecule has 1 unspecified atom stereocenters. The zero-order chi connectivity index (χ0) is 6.85. The molecule has 52 valence electrons. The Morgan fingerprint density at radius 3 is 2.56 bits per heavy atom. The van der Waals surface area contributed by atoms with E-state index in [1.807, 2.05) is 0 Å². The summed E-state index contributed by atoms with van der Waals surface area (Å²) in [5.74, 6) is 0.954. The average Bonchev–Trinajstić information content (AvgIpc) is 2.42. The number of nitrogens with one attached hydrogen (secondary N) is 1. The molecule has 0 aliphatic carbocycles. The lowest BCUT2D eigenvalue weighted by molar-refractivity contribution is -0.111. The van der Waals surface area contributed by atoms with E-state index in [1.54, 1.807) is 0 Å². The molecule has 1 rings (SSSR count). The van der Waals surface area contributed by atoms with Crippen LogP contribution in [0.3, 0.4) is 0 Å². The molecule has 0 radical (unpaired) electrons. The van der Waals surface area contributed by atoms with E-state index in [9.17, 15) is 4.79 Å². The van der Waals surface area contributed by atoms with E-state index in [0.717, 1.165) is 18.8 Å². The van der Waals surface area contributed by atoms with Crippen molar-refractivity contribution in [3.63, 3.8) is 0 Å². The van der Waals surface area contributed by atoms with Crippen LogP contribution < -0.4 is 5.32 Å². The monoisotopic (exact) mass is 127 g/mol. The maximum Gasteiger partial charge on any atom is 0.243 e. The van der Waals surface area contributed by atoms with Crippen LogP contribution in [0.4, 0.5) is 0 Å². The first-order chi connectivity index (χ1) is 4.20. The summed E-state index contributed by atoms with van der Waals surface area (Å²) in [4.78, 5) is 10.4. The summed E-state index contributed by atoms with van der Waals surface area (Å²) in [6, 6.07) is 0.215. The summed E-state index contributed by atoms with van der Waals surface area (Å²) in [6.07, 6.45) is 2.18. The lowest BCUT2D eigenvalue weighted by Crippen LogP contribution is -1.94. The molecule has 0 spiro atoms. The van der Waals surface area contributed by atoms with Crippen molar-refractivity contribution in [2.24, 2.45) is 5.92 Å². The Balaban J connectivity index is 2.00. The Morgan fingerprint density at radius 1 is 1.67 bits per heavy atom. The second kappa shape index (κ2) is 2.38. The van der Waals surface area contributed by atoms with Gasteiger partial charge in [-0.2, -0.15) is 0 Å². The van der Waals surface area contributed by atoms with E-state index in [2.05, 4.69) is 19.2 Å². The van der Waals surface area contributed by atoms with Crippen LogP contribution >= 0.6 is 0 Å². The van der Waals surface area contributed by atoms with E-state index in [1.165, 1.54) is 0 Å². The largest absolute Gasteiger partial charge is 0.343 e. The maximum absolute atomic E-state index is 10.4. The van der Waals surface area contributed by atoms with Crippen molar-refractivity contribution in [3.8, 4) is 0 Å². The van der Waals surface area contributed by atoms with Gasteiger partial charge in [0, 0.05) is 0 Å². The Bertz CT molecular complexity index is 120. The van der Waals surface area contributed by atoms with Crippen molar-refractivity contribution in [3.05, 3.63) is 0 Å². The normalized spacial score (nSPS) is 24.3. The molecule has 2 nitrogen and oxygen atoms in total. The fraction of sp³-hybridized carbons (Fsp3) is 0.857. The van der Waals surface area contributed by atoms with E-state index in [0.29, 0.717) is 0 Å². The fourth-order valence-electron chi connectivity index (χ4n) is 0.833. The van der Waals surface area contributed by atoms with Crippen molar-refractivity contribution in [1.82, 2.24) is 5.32 Å². The smallest absolute Gasteiger partial charge is 0.243 e. The summed E-state index contributed by atoms with van der Waals surface area (Å²) in [6.45, 7) is 4.35. The van der Waals surface area contributed by atoms with Crippen LogP contribution in [0.1, 0.15) is 26.7 Å². The standard InChI is InChI=1S/C7H13NO/c1-5(2)3-4-6-7(9)8-6/h5-6H,3-4H2,1-2H3,(H,8,9). The van der Waals surface area contributed by atoms with Crippen LogP contribution in [0.5, 0.6) is 0 Å². The van der Waals surface area contributed by atoms with Gasteiger partial charge in [-0.05, 0) is 18.8 Å². The maximum atomic E-state index is 10.4. The van der Waals surface area contributed by atoms with Crippen LogP contribution in [0, 0.1) is 5.92 Å². The molecule has 1 N–H and O–H groups in total. The van der Waals surface area contributed by atoms with Crippen molar-refractivity contribution in [1.29, 1.82) is 0 Å². The lowest BCUT2D eigenvalue weighted by Gasteiger charge is -1.98. The number of hydrogen-bond donors (Lipinski definition) is 1. The minimum absolute atomic E-state index is 0.215. The number of amides is 1. The summed E-state index contributed by atoms with van der Waals surface area (Å²) >= 11 is 0. The molecule has 2 heteroatoms. The van der Waals surface area contributed by atoms with Gasteiger partial charge >= 0.3 is 0 Å². The van der Waals surface area contributed by atoms with Crippen molar-refractivity contribution < 1.29 is 4.79 Å². The number of rotatable bonds is 3. The van der Waals surface area contributed by atoms with Crippen molar-refractivity contribution in [2.75, 3.05) is 0 Å². The highest BCUT2D eigenvalue weighted by Crippen LogP contribution is 2.12. The number of carbonyl (C=O) groups excluding carboxylic acids is 1. The summed E-state index contributed by atoms with van der Waals surface area (Å²) in [5.41, 5.74) is 0. The molecule has 9 heavy (non-hydrogen) atoms. The van der Waals surface area contributed by atoms with Gasteiger partial charge in [0.2, 0.25) is 5.91 Å². The zero-order valence-electron chi connectivity index (χ0n) is 5.98. The Labute approximate surface area is 55.6 Å². The van der Waals surface area contributed by atoms with Crippen LogP contribution in [-0.2, 0) is 4.79 Å². The van der Waals surface area contributed by atoms with Gasteiger partial charge in [0.15, 0.2) is 0 Å². The molecule has 0 aromatic carbocycles. The highest BCUT2D eigenvalue weighted by molar-refractivity contribution is 5.96. The van der Waals surface area contributed by atoms with Gasteiger partial charge in [-0.25, -0.2) is 0 Å². The van der Waals surface area contributed by atoms with Gasteiger partial charge in [-0.15, -0.1) is 0 Å². The molecule has 1 aliphatic rings. The first-order valence-electron chi connectivity index (χ1n) is 3.50. The quantitative estimate of drug-likeness (QED) is 0.562. The van der Waals surface area contributed by atoms with Gasteiger partial charge in [0.1, 0.15) is 6.04 Å². The highest BCUT2D eigenvalue weighted by Gasteiger charge is 2.32. The molecule has 1 saturated heterocycles. The van der Waals surface area contributed by atoms with Crippen LogP contribution in [-0.4, -0.2) is 11.9 Å². The molecule has 1 heterocycles. The predicted molar refractivity (Wildman–Crippen MR) is 36.0 cm³/mol. The average molecular weight is 127 g/mol. The summed E-state index contributed by atoms with van der Waals surface area (Å²) in [5, 5.41) is 2.75. The second-order valence-corrected chi connectivity index (χ2v) is 3.03. The van der Waals surface area contributed by atoms with Crippen LogP contribution in [0.25, 0.3) is 0 Å². The Morgan fingerprint density at radius 2 is 2.22 bits per heavy atom. The molecule has 0 bridgehead atoms. The first kappa shape index (κ1) is 6.59. The molecule has 0 aromatic heterocycles. The molecular formula is C7H13NO. The van der Waals surface area contributed by atoms with Crippen LogP contribution in [0.2, 0.25) is 0 Å². The fourth-order valence-corrected chi connectivity index (χ4v) is 0.833. The van der Waals surface area contributed by atoms with Gasteiger partial charge in [0.25, 0.3) is 0 Å². The van der Waals surface area contributed by atoms with Gasteiger partial charge in [0.05, 0.1) is 0 Å². The third-order valence-electron chi connectivity index (χ3n) is 1.58. The van der Waals surface area contributed by atoms with Crippen LogP contribution in [0.15, 0.2) is 0 Å². The molecule has 0 aromatic rings. The molecule has 1 fully saturated rings. The minimum Gasteiger partial charge on any atom is -0.343 e. The van der Waals surface area contributed by atoms with Crippen molar-refractivity contribution in [2.45, 2.75) is 32.7 Å². The van der Waals surface area contributed by atoms with E-state index in [-0.39, 0.29) is 11.9 Å². The zero-order valence-corrected chi connectivity index (χ0v) is 5.98. The number of hydrogen-bond acceptors (Lipinski definition) is 1. The van der Waals surface area contributed by atoms with Gasteiger partial charge in [-0.1, -0.05) is 13.8 Å². The molecule has 1 amide bonds.